The van der Waals surface area contributed by atoms with Gasteiger partial charge in [0.2, 0.25) is 5.91 Å². The third kappa shape index (κ3) is 5.57. The highest BCUT2D eigenvalue weighted by Gasteiger charge is 2.19. The van der Waals surface area contributed by atoms with E-state index in [0.717, 1.165) is 43.4 Å². The van der Waals surface area contributed by atoms with Gasteiger partial charge in [0.25, 0.3) is 0 Å². The number of guanidine groups is 1. The Kier molecular flexibility index (Phi) is 8.04. The van der Waals surface area contributed by atoms with Gasteiger partial charge in [-0.25, -0.2) is 4.39 Å². The summed E-state index contributed by atoms with van der Waals surface area (Å²) in [5.74, 6) is 0.166. The highest BCUT2D eigenvalue weighted by atomic mass is 127. The lowest BCUT2D eigenvalue weighted by atomic mass is 10.1. The zero-order valence-electron chi connectivity index (χ0n) is 15.8. The van der Waals surface area contributed by atoms with E-state index in [0.29, 0.717) is 12.1 Å². The molecule has 2 aromatic carbocycles. The van der Waals surface area contributed by atoms with Crippen LogP contribution in [0.1, 0.15) is 15.9 Å². The van der Waals surface area contributed by atoms with Gasteiger partial charge in [-0.3, -0.25) is 9.79 Å². The molecule has 0 atom stereocenters. The first-order valence-electron chi connectivity index (χ1n) is 8.91. The van der Waals surface area contributed by atoms with Crippen molar-refractivity contribution in [1.82, 2.24) is 10.2 Å². The molecule has 1 amide bonds. The van der Waals surface area contributed by atoms with Gasteiger partial charge in [-0.2, -0.15) is 0 Å². The molecule has 2 aromatic rings. The zero-order chi connectivity index (χ0) is 19.2. The number of anilines is 1. The molecule has 150 valence electrons. The topological polar surface area (TPSA) is 74.0 Å². The van der Waals surface area contributed by atoms with Crippen molar-refractivity contribution in [1.29, 1.82) is 0 Å². The van der Waals surface area contributed by atoms with Crippen LogP contribution in [-0.2, 0) is 6.54 Å². The fourth-order valence-electron chi connectivity index (χ4n) is 3.18. The van der Waals surface area contributed by atoms with Crippen molar-refractivity contribution in [3.63, 3.8) is 0 Å². The molecular formula is C20H25FIN5O. The van der Waals surface area contributed by atoms with Gasteiger partial charge in [0, 0.05) is 51.0 Å². The Labute approximate surface area is 181 Å². The number of nitrogens with one attached hydrogen (secondary N) is 1. The van der Waals surface area contributed by atoms with Crippen LogP contribution in [0, 0.1) is 5.82 Å². The predicted molar refractivity (Wildman–Crippen MR) is 121 cm³/mol. The lowest BCUT2D eigenvalue weighted by molar-refractivity contribution is 0.1000. The van der Waals surface area contributed by atoms with Crippen LogP contribution in [0.15, 0.2) is 53.5 Å². The van der Waals surface area contributed by atoms with Crippen molar-refractivity contribution in [2.75, 3.05) is 38.1 Å². The molecule has 1 saturated heterocycles. The van der Waals surface area contributed by atoms with E-state index in [9.17, 15) is 9.18 Å². The van der Waals surface area contributed by atoms with E-state index >= 15 is 0 Å². The van der Waals surface area contributed by atoms with E-state index in [2.05, 4.69) is 20.1 Å². The summed E-state index contributed by atoms with van der Waals surface area (Å²) in [6, 6.07) is 13.9. The monoisotopic (exact) mass is 497 g/mol. The van der Waals surface area contributed by atoms with E-state index in [1.54, 1.807) is 19.2 Å². The number of aliphatic imine (C=N–C) groups is 1. The largest absolute Gasteiger partial charge is 0.368 e. The minimum atomic E-state index is -0.432. The van der Waals surface area contributed by atoms with E-state index in [1.807, 2.05) is 24.3 Å². The number of hydrogen-bond acceptors (Lipinski definition) is 3. The van der Waals surface area contributed by atoms with Crippen LogP contribution in [0.2, 0.25) is 0 Å². The van der Waals surface area contributed by atoms with Gasteiger partial charge in [0.15, 0.2) is 5.96 Å². The number of amides is 1. The maximum atomic E-state index is 13.1. The molecule has 1 fully saturated rings. The van der Waals surface area contributed by atoms with Gasteiger partial charge in [-0.1, -0.05) is 12.1 Å². The van der Waals surface area contributed by atoms with Gasteiger partial charge in [-0.05, 0) is 42.0 Å². The molecule has 0 unspecified atom stereocenters. The molecular weight excluding hydrogens is 472 g/mol. The normalized spacial score (nSPS) is 14.4. The molecule has 0 saturated carbocycles. The lowest BCUT2D eigenvalue weighted by Crippen LogP contribution is -2.52. The highest BCUT2D eigenvalue weighted by molar-refractivity contribution is 14.0. The molecule has 1 aliphatic rings. The molecule has 0 aromatic heterocycles. The summed E-state index contributed by atoms with van der Waals surface area (Å²) in [4.78, 5) is 20.1. The highest BCUT2D eigenvalue weighted by Crippen LogP contribution is 2.17. The standard InChI is InChI=1S/C20H24FN5O.HI/c1-23-20(24-14-15-3-2-4-16(13-15)19(22)27)26-11-9-25(10-12-26)18-7-5-17(21)6-8-18;/h2-8,13H,9-12,14H2,1H3,(H2,22,27)(H,23,24);1H. The fraction of sp³-hybridized carbons (Fsp3) is 0.300. The minimum absolute atomic E-state index is 0. The maximum Gasteiger partial charge on any atom is 0.248 e. The van der Waals surface area contributed by atoms with Crippen LogP contribution in [0.3, 0.4) is 0 Å². The van der Waals surface area contributed by atoms with Crippen molar-refractivity contribution in [3.05, 3.63) is 65.5 Å². The van der Waals surface area contributed by atoms with Gasteiger partial charge < -0.3 is 20.9 Å². The summed E-state index contributed by atoms with van der Waals surface area (Å²) in [7, 11) is 1.76. The molecule has 0 bridgehead atoms. The first kappa shape index (κ1) is 21.9. The molecule has 1 aliphatic heterocycles. The number of halogens is 2. The molecule has 6 nitrogen and oxygen atoms in total. The lowest BCUT2D eigenvalue weighted by Gasteiger charge is -2.37. The van der Waals surface area contributed by atoms with Gasteiger partial charge in [0.1, 0.15) is 5.82 Å². The van der Waals surface area contributed by atoms with Crippen LogP contribution in [0.25, 0.3) is 0 Å². The molecule has 3 N–H and O–H groups in total. The van der Waals surface area contributed by atoms with Crippen LogP contribution in [0.5, 0.6) is 0 Å². The molecule has 0 aliphatic carbocycles. The first-order chi connectivity index (χ1) is 13.1. The zero-order valence-corrected chi connectivity index (χ0v) is 18.1. The summed E-state index contributed by atoms with van der Waals surface area (Å²) in [5.41, 5.74) is 7.83. The Balaban J connectivity index is 0.00000280. The number of benzene rings is 2. The predicted octanol–water partition coefficient (Wildman–Crippen LogP) is 2.44. The number of hydrogen-bond donors (Lipinski definition) is 2. The van der Waals surface area contributed by atoms with E-state index in [4.69, 9.17) is 5.73 Å². The van der Waals surface area contributed by atoms with E-state index in [-0.39, 0.29) is 29.8 Å². The molecule has 8 heteroatoms. The molecule has 28 heavy (non-hydrogen) atoms. The second kappa shape index (κ2) is 10.3. The van der Waals surface area contributed by atoms with Crippen LogP contribution < -0.4 is 16.0 Å². The number of piperazine rings is 1. The summed E-state index contributed by atoms with van der Waals surface area (Å²) in [5, 5.41) is 3.34. The number of primary amides is 1. The Bertz CT molecular complexity index is 820. The quantitative estimate of drug-likeness (QED) is 0.387. The average molecular weight is 497 g/mol. The van der Waals surface area contributed by atoms with Gasteiger partial charge >= 0.3 is 0 Å². The first-order valence-corrected chi connectivity index (χ1v) is 8.91. The number of carbonyl (C=O) groups excluding carboxylic acids is 1. The second-order valence-corrected chi connectivity index (χ2v) is 6.42. The van der Waals surface area contributed by atoms with E-state index < -0.39 is 5.91 Å². The Hall–Kier alpha value is -2.36. The Morgan fingerprint density at radius 1 is 1.14 bits per heavy atom. The smallest absolute Gasteiger partial charge is 0.248 e. The Morgan fingerprint density at radius 3 is 2.43 bits per heavy atom. The van der Waals surface area contributed by atoms with Crippen molar-refractivity contribution in [2.24, 2.45) is 10.7 Å². The van der Waals surface area contributed by atoms with Gasteiger partial charge in [0.05, 0.1) is 0 Å². The fourth-order valence-corrected chi connectivity index (χ4v) is 3.18. The van der Waals surface area contributed by atoms with Crippen LogP contribution >= 0.6 is 24.0 Å². The summed E-state index contributed by atoms with van der Waals surface area (Å²) < 4.78 is 13.1. The average Bonchev–Trinajstić information content (AvgIpc) is 2.70. The third-order valence-corrected chi connectivity index (χ3v) is 4.64. The second-order valence-electron chi connectivity index (χ2n) is 6.42. The number of rotatable bonds is 4. The number of nitrogens with two attached hydrogens (primary N) is 1. The van der Waals surface area contributed by atoms with Crippen LogP contribution in [-0.4, -0.2) is 50.0 Å². The summed E-state index contributed by atoms with van der Waals surface area (Å²) in [6.45, 7) is 3.87. The van der Waals surface area contributed by atoms with Crippen LogP contribution in [0.4, 0.5) is 10.1 Å². The molecule has 0 spiro atoms. The Morgan fingerprint density at radius 2 is 1.82 bits per heavy atom. The van der Waals surface area contributed by atoms with Crippen molar-refractivity contribution in [2.45, 2.75) is 6.54 Å². The molecule has 3 rings (SSSR count). The summed E-state index contributed by atoms with van der Waals surface area (Å²) >= 11 is 0. The van der Waals surface area contributed by atoms with Crippen molar-refractivity contribution < 1.29 is 9.18 Å². The number of nitrogens with zero attached hydrogens (tertiary/aromatic N) is 3. The molecule has 1 heterocycles. The SMILES string of the molecule is CN=C(NCc1cccc(C(N)=O)c1)N1CCN(c2ccc(F)cc2)CC1.I. The molecule has 0 radical (unpaired) electrons. The summed E-state index contributed by atoms with van der Waals surface area (Å²) in [6.07, 6.45) is 0. The van der Waals surface area contributed by atoms with E-state index in [1.165, 1.54) is 12.1 Å². The maximum absolute atomic E-state index is 13.1. The third-order valence-electron chi connectivity index (χ3n) is 4.64. The van der Waals surface area contributed by atoms with Crippen molar-refractivity contribution in [3.8, 4) is 0 Å². The van der Waals surface area contributed by atoms with Gasteiger partial charge in [-0.15, -0.1) is 24.0 Å². The van der Waals surface area contributed by atoms with Crippen molar-refractivity contribution >= 4 is 41.5 Å². The number of carbonyl (C=O) groups is 1. The minimum Gasteiger partial charge on any atom is -0.368 e.